The van der Waals surface area contributed by atoms with Gasteiger partial charge in [-0.3, -0.25) is 4.79 Å². The Labute approximate surface area is 145 Å². The number of H-pyrrole nitrogens is 2. The van der Waals surface area contributed by atoms with Crippen LogP contribution in [0.3, 0.4) is 0 Å². The predicted octanol–water partition coefficient (Wildman–Crippen LogP) is 1.80. The van der Waals surface area contributed by atoms with Crippen molar-refractivity contribution >= 4 is 23.0 Å². The number of ether oxygens (including phenoxy) is 1. The fourth-order valence-corrected chi connectivity index (χ4v) is 2.54. The molecular weight excluding hydrogens is 324 g/mol. The van der Waals surface area contributed by atoms with E-state index in [1.54, 1.807) is 19.1 Å². The Bertz CT molecular complexity index is 808. The van der Waals surface area contributed by atoms with Crippen LogP contribution in [0, 0.1) is 5.92 Å². The highest BCUT2D eigenvalue weighted by Crippen LogP contribution is 2.17. The van der Waals surface area contributed by atoms with Crippen LogP contribution in [0.5, 0.6) is 0 Å². The van der Waals surface area contributed by atoms with Crippen LogP contribution in [0.1, 0.15) is 39.3 Å². The summed E-state index contributed by atoms with van der Waals surface area (Å²) >= 11 is 0. The number of rotatable bonds is 6. The molecule has 1 heterocycles. The molecule has 25 heavy (non-hydrogen) atoms. The third-order valence-corrected chi connectivity index (χ3v) is 3.90. The maximum Gasteiger partial charge on any atom is 0.407 e. The minimum atomic E-state index is -0.697. The second kappa shape index (κ2) is 7.87. The highest BCUT2D eigenvalue weighted by atomic mass is 16.5. The summed E-state index contributed by atoms with van der Waals surface area (Å²) in [5.41, 5.74) is 1.95. The standard InChI is InChI=1S/C17H24N4O4/c1-5-25-17(24)21-14(9(2)3)15(22)18-10(4)11-6-7-12-13(8-11)20-16(23)19-12/h6-10,14H,5H2,1-4H3,(H,18,22)(H,21,24)(H2,19,20,23)/t10-,14+/m1/s1. The van der Waals surface area contributed by atoms with E-state index >= 15 is 0 Å². The molecule has 0 fully saturated rings. The van der Waals surface area contributed by atoms with Crippen molar-refractivity contribution in [1.82, 2.24) is 20.6 Å². The summed E-state index contributed by atoms with van der Waals surface area (Å²) in [6.45, 7) is 7.47. The Morgan fingerprint density at radius 3 is 2.44 bits per heavy atom. The molecule has 8 heteroatoms. The number of benzene rings is 1. The van der Waals surface area contributed by atoms with Gasteiger partial charge in [0.2, 0.25) is 5.91 Å². The van der Waals surface area contributed by atoms with Gasteiger partial charge in [-0.05, 0) is 37.5 Å². The van der Waals surface area contributed by atoms with Crippen molar-refractivity contribution in [2.75, 3.05) is 6.61 Å². The Balaban J connectivity index is 2.09. The van der Waals surface area contributed by atoms with Crippen molar-refractivity contribution in [1.29, 1.82) is 0 Å². The Kier molecular flexibility index (Phi) is 5.84. The van der Waals surface area contributed by atoms with Crippen molar-refractivity contribution in [3.05, 3.63) is 34.2 Å². The molecule has 0 radical (unpaired) electrons. The molecule has 0 saturated carbocycles. The second-order valence-electron chi connectivity index (χ2n) is 6.20. The van der Waals surface area contributed by atoms with Crippen molar-refractivity contribution in [3.8, 4) is 0 Å². The molecule has 1 aromatic heterocycles. The Hall–Kier alpha value is -2.77. The topological polar surface area (TPSA) is 116 Å². The van der Waals surface area contributed by atoms with Crippen LogP contribution in [0.4, 0.5) is 4.79 Å². The molecule has 0 saturated heterocycles. The third-order valence-electron chi connectivity index (χ3n) is 3.90. The number of alkyl carbamates (subject to hydrolysis) is 1. The number of aromatic amines is 2. The maximum atomic E-state index is 12.5. The van der Waals surface area contributed by atoms with E-state index in [1.165, 1.54) is 0 Å². The van der Waals surface area contributed by atoms with E-state index in [2.05, 4.69) is 20.6 Å². The summed E-state index contributed by atoms with van der Waals surface area (Å²) in [5.74, 6) is -0.390. The average Bonchev–Trinajstić information content (AvgIpc) is 2.91. The number of imidazole rings is 1. The lowest BCUT2D eigenvalue weighted by molar-refractivity contribution is -0.124. The molecule has 2 amide bonds. The van der Waals surface area contributed by atoms with Gasteiger partial charge in [0.05, 0.1) is 23.7 Å². The normalized spacial score (nSPS) is 13.5. The number of hydrogen-bond acceptors (Lipinski definition) is 4. The van der Waals surface area contributed by atoms with Crippen molar-refractivity contribution in [2.45, 2.75) is 39.8 Å². The second-order valence-corrected chi connectivity index (χ2v) is 6.20. The lowest BCUT2D eigenvalue weighted by Gasteiger charge is -2.24. The van der Waals surface area contributed by atoms with Crippen LogP contribution in [0.15, 0.2) is 23.0 Å². The largest absolute Gasteiger partial charge is 0.450 e. The van der Waals surface area contributed by atoms with E-state index in [-0.39, 0.29) is 30.2 Å². The molecule has 4 N–H and O–H groups in total. The first kappa shape index (κ1) is 18.6. The van der Waals surface area contributed by atoms with Gasteiger partial charge in [-0.15, -0.1) is 0 Å². The monoisotopic (exact) mass is 348 g/mol. The summed E-state index contributed by atoms with van der Waals surface area (Å²) in [5, 5.41) is 5.47. The zero-order valence-electron chi connectivity index (χ0n) is 14.8. The van der Waals surface area contributed by atoms with Crippen molar-refractivity contribution < 1.29 is 14.3 Å². The van der Waals surface area contributed by atoms with Gasteiger partial charge < -0.3 is 25.3 Å². The first-order valence-corrected chi connectivity index (χ1v) is 8.27. The van der Waals surface area contributed by atoms with E-state index in [0.29, 0.717) is 11.0 Å². The molecule has 2 rings (SSSR count). The smallest absolute Gasteiger partial charge is 0.407 e. The van der Waals surface area contributed by atoms with E-state index < -0.39 is 12.1 Å². The van der Waals surface area contributed by atoms with Gasteiger partial charge in [-0.2, -0.15) is 0 Å². The first-order valence-electron chi connectivity index (χ1n) is 8.27. The fraction of sp³-hybridized carbons (Fsp3) is 0.471. The number of carbonyl (C=O) groups excluding carboxylic acids is 2. The minimum absolute atomic E-state index is 0.0971. The van der Waals surface area contributed by atoms with Crippen LogP contribution in [-0.2, 0) is 9.53 Å². The van der Waals surface area contributed by atoms with E-state index in [4.69, 9.17) is 4.74 Å². The van der Waals surface area contributed by atoms with Crippen LogP contribution in [-0.4, -0.2) is 34.6 Å². The Morgan fingerprint density at radius 2 is 1.80 bits per heavy atom. The highest BCUT2D eigenvalue weighted by Gasteiger charge is 2.26. The van der Waals surface area contributed by atoms with Gasteiger partial charge in [0, 0.05) is 0 Å². The molecule has 0 aliphatic carbocycles. The van der Waals surface area contributed by atoms with Gasteiger partial charge >= 0.3 is 11.8 Å². The molecular formula is C17H24N4O4. The summed E-state index contributed by atoms with van der Waals surface area (Å²) in [6, 6.07) is 4.43. The average molecular weight is 348 g/mol. The van der Waals surface area contributed by atoms with Crippen LogP contribution < -0.4 is 16.3 Å². The number of carbonyl (C=O) groups is 2. The molecule has 2 atom stereocenters. The van der Waals surface area contributed by atoms with Crippen LogP contribution in [0.2, 0.25) is 0 Å². The number of hydrogen-bond donors (Lipinski definition) is 4. The number of amides is 2. The molecule has 136 valence electrons. The molecule has 0 aliphatic rings. The highest BCUT2D eigenvalue weighted by molar-refractivity contribution is 5.86. The molecule has 0 spiro atoms. The summed E-state index contributed by atoms with van der Waals surface area (Å²) < 4.78 is 4.85. The van der Waals surface area contributed by atoms with Crippen LogP contribution >= 0.6 is 0 Å². The molecule has 2 aromatic rings. The van der Waals surface area contributed by atoms with Crippen molar-refractivity contribution in [2.24, 2.45) is 5.92 Å². The molecule has 1 aromatic carbocycles. The SMILES string of the molecule is CCOC(=O)N[C@H](C(=O)N[C@H](C)c1ccc2[nH]c(=O)[nH]c2c1)C(C)C. The number of fused-ring (bicyclic) bond motifs is 1. The minimum Gasteiger partial charge on any atom is -0.450 e. The van der Waals surface area contributed by atoms with E-state index in [1.807, 2.05) is 26.8 Å². The predicted molar refractivity (Wildman–Crippen MR) is 94.3 cm³/mol. The fourth-order valence-electron chi connectivity index (χ4n) is 2.54. The van der Waals surface area contributed by atoms with Gasteiger partial charge in [0.1, 0.15) is 6.04 Å². The van der Waals surface area contributed by atoms with E-state index in [9.17, 15) is 14.4 Å². The maximum absolute atomic E-state index is 12.5. The molecule has 0 aliphatic heterocycles. The zero-order valence-corrected chi connectivity index (χ0v) is 14.8. The molecule has 0 unspecified atom stereocenters. The van der Waals surface area contributed by atoms with Gasteiger partial charge in [-0.1, -0.05) is 19.9 Å². The lowest BCUT2D eigenvalue weighted by Crippen LogP contribution is -2.50. The summed E-state index contributed by atoms with van der Waals surface area (Å²) in [4.78, 5) is 40.8. The number of aromatic nitrogens is 2. The van der Waals surface area contributed by atoms with Gasteiger partial charge in [-0.25, -0.2) is 9.59 Å². The summed E-state index contributed by atoms with van der Waals surface area (Å²) in [7, 11) is 0. The molecule has 0 bridgehead atoms. The number of nitrogens with one attached hydrogen (secondary N) is 4. The lowest BCUT2D eigenvalue weighted by atomic mass is 10.0. The van der Waals surface area contributed by atoms with Gasteiger partial charge in [0.25, 0.3) is 0 Å². The van der Waals surface area contributed by atoms with E-state index in [0.717, 1.165) is 5.56 Å². The molecule has 8 nitrogen and oxygen atoms in total. The van der Waals surface area contributed by atoms with Crippen molar-refractivity contribution in [3.63, 3.8) is 0 Å². The quantitative estimate of drug-likeness (QED) is 0.637. The Morgan fingerprint density at radius 1 is 1.12 bits per heavy atom. The summed E-state index contributed by atoms with van der Waals surface area (Å²) in [6.07, 6.45) is -0.615. The first-order chi connectivity index (χ1) is 11.8. The third kappa shape index (κ3) is 4.62. The van der Waals surface area contributed by atoms with Crippen LogP contribution in [0.25, 0.3) is 11.0 Å². The zero-order chi connectivity index (χ0) is 18.6. The van der Waals surface area contributed by atoms with Gasteiger partial charge in [0.15, 0.2) is 0 Å².